The molecule has 0 heterocycles. The predicted octanol–water partition coefficient (Wildman–Crippen LogP) is 2.50. The zero-order valence-corrected chi connectivity index (χ0v) is 11.7. The van der Waals surface area contributed by atoms with E-state index in [0.29, 0.717) is 9.92 Å². The first kappa shape index (κ1) is 14.5. The molecule has 1 aromatic carbocycles. The highest BCUT2D eigenvalue weighted by Crippen LogP contribution is 2.17. The number of hydrogen-bond donors (Lipinski definition) is 1. The molecule has 5 heteroatoms. The zero-order valence-electron chi connectivity index (χ0n) is 10.1. The van der Waals surface area contributed by atoms with Crippen molar-refractivity contribution in [1.82, 2.24) is 5.32 Å². The van der Waals surface area contributed by atoms with Crippen LogP contribution in [0.3, 0.4) is 0 Å². The second-order valence-corrected chi connectivity index (χ2v) is 6.37. The molecule has 1 rings (SSSR count). The molecule has 0 aromatic heterocycles. The lowest BCUT2D eigenvalue weighted by Crippen LogP contribution is -2.34. The Morgan fingerprint density at radius 3 is 2.59 bits per heavy atom. The second kappa shape index (κ2) is 6.38. The number of halogens is 1. The van der Waals surface area contributed by atoms with E-state index in [2.05, 4.69) is 5.32 Å². The summed E-state index contributed by atoms with van der Waals surface area (Å²) in [5.74, 6) is 0.109. The van der Waals surface area contributed by atoms with Crippen LogP contribution in [0.5, 0.6) is 0 Å². The van der Waals surface area contributed by atoms with E-state index in [-0.39, 0.29) is 11.8 Å². The lowest BCUT2D eigenvalue weighted by Gasteiger charge is -2.15. The van der Waals surface area contributed by atoms with Crippen LogP contribution < -0.4 is 5.32 Å². The van der Waals surface area contributed by atoms with Crippen molar-refractivity contribution in [3.63, 3.8) is 0 Å². The lowest BCUT2D eigenvalue weighted by molar-refractivity contribution is 0.533. The first-order chi connectivity index (χ1) is 7.99. The molecule has 0 saturated heterocycles. The molecule has 1 N–H and O–H groups in total. The number of hydrogen-bond acceptors (Lipinski definition) is 3. The minimum atomic E-state index is -3.26. The monoisotopic (exact) mass is 275 g/mol. The van der Waals surface area contributed by atoms with Crippen LogP contribution in [0.2, 0.25) is 5.02 Å². The minimum Gasteiger partial charge on any atom is -0.313 e. The standard InChI is InChI=1S/C12H18ClNO2S/c1-3-11(14-4-2)9-17(15,16)12-7-5-6-10(13)8-12/h5-8,11,14H,3-4,9H2,1-2H3. The van der Waals surface area contributed by atoms with Gasteiger partial charge in [0, 0.05) is 11.1 Å². The van der Waals surface area contributed by atoms with Crippen LogP contribution in [0.25, 0.3) is 0 Å². The summed E-state index contributed by atoms with van der Waals surface area (Å²) in [7, 11) is -3.26. The molecule has 17 heavy (non-hydrogen) atoms. The summed E-state index contributed by atoms with van der Waals surface area (Å²) in [6.45, 7) is 4.71. The Morgan fingerprint density at radius 2 is 2.06 bits per heavy atom. The quantitative estimate of drug-likeness (QED) is 0.868. The van der Waals surface area contributed by atoms with Gasteiger partial charge in [-0.1, -0.05) is 31.5 Å². The zero-order chi connectivity index (χ0) is 12.9. The minimum absolute atomic E-state index is 0.0102. The van der Waals surface area contributed by atoms with Gasteiger partial charge in [-0.3, -0.25) is 0 Å². The van der Waals surface area contributed by atoms with Crippen LogP contribution in [0.4, 0.5) is 0 Å². The van der Waals surface area contributed by atoms with E-state index in [1.54, 1.807) is 18.2 Å². The highest BCUT2D eigenvalue weighted by Gasteiger charge is 2.19. The van der Waals surface area contributed by atoms with Crippen molar-refractivity contribution in [1.29, 1.82) is 0 Å². The normalized spacial score (nSPS) is 13.6. The highest BCUT2D eigenvalue weighted by atomic mass is 35.5. The fourth-order valence-corrected chi connectivity index (χ4v) is 3.55. The highest BCUT2D eigenvalue weighted by molar-refractivity contribution is 7.91. The summed E-state index contributed by atoms with van der Waals surface area (Å²) >= 11 is 5.80. The number of benzene rings is 1. The molecule has 3 nitrogen and oxygen atoms in total. The van der Waals surface area contributed by atoms with Gasteiger partial charge in [0.15, 0.2) is 9.84 Å². The van der Waals surface area contributed by atoms with Gasteiger partial charge in [0.2, 0.25) is 0 Å². The largest absolute Gasteiger partial charge is 0.313 e. The van der Waals surface area contributed by atoms with Crippen molar-refractivity contribution in [3.05, 3.63) is 29.3 Å². The molecule has 0 aliphatic rings. The molecule has 1 atom stereocenters. The van der Waals surface area contributed by atoms with Gasteiger partial charge in [-0.05, 0) is 31.2 Å². The average Bonchev–Trinajstić information content (AvgIpc) is 2.28. The fourth-order valence-electron chi connectivity index (χ4n) is 1.63. The SMILES string of the molecule is CCNC(CC)CS(=O)(=O)c1cccc(Cl)c1. The van der Waals surface area contributed by atoms with Gasteiger partial charge in [-0.15, -0.1) is 0 Å². The summed E-state index contributed by atoms with van der Waals surface area (Å²) in [4.78, 5) is 0.293. The van der Waals surface area contributed by atoms with Gasteiger partial charge < -0.3 is 5.32 Å². The van der Waals surface area contributed by atoms with E-state index in [9.17, 15) is 8.42 Å². The third-order valence-electron chi connectivity index (χ3n) is 2.56. The van der Waals surface area contributed by atoms with Crippen molar-refractivity contribution in [3.8, 4) is 0 Å². The van der Waals surface area contributed by atoms with E-state index in [0.717, 1.165) is 13.0 Å². The summed E-state index contributed by atoms with van der Waals surface area (Å²) in [6.07, 6.45) is 0.785. The van der Waals surface area contributed by atoms with Crippen LogP contribution in [-0.4, -0.2) is 26.8 Å². The van der Waals surface area contributed by atoms with Gasteiger partial charge in [0.1, 0.15) is 0 Å². The second-order valence-electron chi connectivity index (χ2n) is 3.90. The van der Waals surface area contributed by atoms with Gasteiger partial charge in [0.05, 0.1) is 10.6 Å². The average molecular weight is 276 g/mol. The van der Waals surface area contributed by atoms with Crippen LogP contribution >= 0.6 is 11.6 Å². The molecule has 0 bridgehead atoms. The molecule has 96 valence electrons. The van der Waals surface area contributed by atoms with Gasteiger partial charge in [0.25, 0.3) is 0 Å². The van der Waals surface area contributed by atoms with Crippen LogP contribution in [0.1, 0.15) is 20.3 Å². The smallest absolute Gasteiger partial charge is 0.179 e. The molecule has 0 saturated carbocycles. The van der Waals surface area contributed by atoms with E-state index in [1.807, 2.05) is 13.8 Å². The molecule has 0 spiro atoms. The topological polar surface area (TPSA) is 46.2 Å². The number of nitrogens with one attached hydrogen (secondary N) is 1. The van der Waals surface area contributed by atoms with Crippen LogP contribution in [0, 0.1) is 0 Å². The van der Waals surface area contributed by atoms with Gasteiger partial charge in [-0.2, -0.15) is 0 Å². The molecular weight excluding hydrogens is 258 g/mol. The van der Waals surface area contributed by atoms with Crippen molar-refractivity contribution < 1.29 is 8.42 Å². The van der Waals surface area contributed by atoms with E-state index >= 15 is 0 Å². The Labute approximate surface area is 108 Å². The summed E-state index contributed by atoms with van der Waals surface area (Å²) in [5.41, 5.74) is 0. The summed E-state index contributed by atoms with van der Waals surface area (Å²) < 4.78 is 24.3. The van der Waals surface area contributed by atoms with E-state index < -0.39 is 9.84 Å². The first-order valence-electron chi connectivity index (χ1n) is 5.71. The first-order valence-corrected chi connectivity index (χ1v) is 7.74. The van der Waals surface area contributed by atoms with Crippen molar-refractivity contribution >= 4 is 21.4 Å². The maximum absolute atomic E-state index is 12.1. The summed E-state index contributed by atoms with van der Waals surface area (Å²) in [6, 6.07) is 6.39. The summed E-state index contributed by atoms with van der Waals surface area (Å²) in [5, 5.41) is 3.61. The van der Waals surface area contributed by atoms with Crippen LogP contribution in [-0.2, 0) is 9.84 Å². The Kier molecular flexibility index (Phi) is 5.43. The maximum Gasteiger partial charge on any atom is 0.179 e. The van der Waals surface area contributed by atoms with Crippen molar-refractivity contribution in [2.24, 2.45) is 0 Å². The molecule has 0 amide bonds. The van der Waals surface area contributed by atoms with Gasteiger partial charge in [-0.25, -0.2) is 8.42 Å². The molecule has 1 unspecified atom stereocenters. The molecule has 1 aromatic rings. The van der Waals surface area contributed by atoms with E-state index in [1.165, 1.54) is 6.07 Å². The van der Waals surface area contributed by atoms with Crippen LogP contribution in [0.15, 0.2) is 29.2 Å². The molecular formula is C12H18ClNO2S. The predicted molar refractivity (Wildman–Crippen MR) is 71.3 cm³/mol. The number of sulfone groups is 1. The maximum atomic E-state index is 12.1. The van der Waals surface area contributed by atoms with Gasteiger partial charge >= 0.3 is 0 Å². The Hall–Kier alpha value is -0.580. The Morgan fingerprint density at radius 1 is 1.35 bits per heavy atom. The third kappa shape index (κ3) is 4.30. The Bertz CT molecular complexity index is 459. The van der Waals surface area contributed by atoms with Crippen molar-refractivity contribution in [2.75, 3.05) is 12.3 Å². The number of rotatable bonds is 6. The fraction of sp³-hybridized carbons (Fsp3) is 0.500. The molecule has 0 aliphatic carbocycles. The molecule has 0 radical (unpaired) electrons. The molecule has 0 aliphatic heterocycles. The van der Waals surface area contributed by atoms with Crippen molar-refractivity contribution in [2.45, 2.75) is 31.2 Å². The lowest BCUT2D eigenvalue weighted by atomic mass is 10.2. The van der Waals surface area contributed by atoms with E-state index in [4.69, 9.17) is 11.6 Å². The molecule has 0 fully saturated rings. The Balaban J connectivity index is 2.88. The third-order valence-corrected chi connectivity index (χ3v) is 4.61.